The number of aromatic hydroxyl groups is 2. The molecule has 53 heavy (non-hydrogen) atoms. The zero-order valence-corrected chi connectivity index (χ0v) is 35.0. The van der Waals surface area contributed by atoms with Crippen LogP contribution in [0.4, 0.5) is 4.79 Å². The molecule has 2 aliphatic heterocycles. The van der Waals surface area contributed by atoms with Crippen LogP contribution in [0.15, 0.2) is 34.3 Å². The second kappa shape index (κ2) is 17.7. The summed E-state index contributed by atoms with van der Waals surface area (Å²) in [6.45, 7) is 25.2. The maximum Gasteiger partial charge on any atom is 0.503 e. The van der Waals surface area contributed by atoms with Crippen LogP contribution in [0.25, 0.3) is 0 Å². The maximum absolute atomic E-state index is 11.5. The molecular weight excluding hydrogens is 706 g/mol. The van der Waals surface area contributed by atoms with Crippen LogP contribution in [0.3, 0.4) is 0 Å². The van der Waals surface area contributed by atoms with Crippen molar-refractivity contribution in [2.24, 2.45) is 9.98 Å². The minimum Gasteiger partial charge on any atom is -0.507 e. The number of guanidine groups is 1. The molecule has 3 aliphatic rings. The number of carbonyl (C=O) groups is 1. The predicted octanol–water partition coefficient (Wildman–Crippen LogP) is 7.62. The van der Waals surface area contributed by atoms with Crippen molar-refractivity contribution in [1.82, 2.24) is 9.80 Å². The van der Waals surface area contributed by atoms with E-state index in [-0.39, 0.29) is 45.7 Å². The fourth-order valence-corrected chi connectivity index (χ4v) is 7.18. The van der Waals surface area contributed by atoms with Gasteiger partial charge in [0.05, 0.1) is 51.9 Å². The number of phenols is 2. The van der Waals surface area contributed by atoms with Crippen LogP contribution in [0.1, 0.15) is 128 Å². The van der Waals surface area contributed by atoms with Gasteiger partial charge >= 0.3 is 12.1 Å². The van der Waals surface area contributed by atoms with Crippen LogP contribution in [-0.2, 0) is 40.0 Å². The molecule has 0 spiro atoms. The van der Waals surface area contributed by atoms with Crippen LogP contribution in [0.2, 0.25) is 0 Å². The number of phenolic OH excluding ortho intramolecular Hbond substituents is 2. The normalized spacial score (nSPS) is 19.4. The van der Waals surface area contributed by atoms with Crippen molar-refractivity contribution in [3.8, 4) is 11.5 Å². The molecule has 2 fully saturated rings. The van der Waals surface area contributed by atoms with Crippen molar-refractivity contribution < 1.29 is 47.2 Å². The van der Waals surface area contributed by atoms with E-state index in [4.69, 9.17) is 25.0 Å². The van der Waals surface area contributed by atoms with E-state index >= 15 is 0 Å². The molecule has 2 heterocycles. The van der Waals surface area contributed by atoms with Crippen LogP contribution in [-0.4, -0.2) is 111 Å². The van der Waals surface area contributed by atoms with Crippen LogP contribution >= 0.6 is 0 Å². The van der Waals surface area contributed by atoms with Crippen molar-refractivity contribution in [1.29, 1.82) is 0 Å². The summed E-state index contributed by atoms with van der Waals surface area (Å²) in [5.41, 5.74) is 5.66. The Balaban J connectivity index is 0.00000144. The van der Waals surface area contributed by atoms with E-state index in [1.54, 1.807) is 0 Å². The topological polar surface area (TPSA) is 132 Å². The first-order valence-corrected chi connectivity index (χ1v) is 19.0. The summed E-state index contributed by atoms with van der Waals surface area (Å²) in [5.74, 6) is 2.06. The molecule has 0 bridgehead atoms. The maximum atomic E-state index is 11.5. The predicted molar refractivity (Wildman–Crippen MR) is 212 cm³/mol. The van der Waals surface area contributed by atoms with Gasteiger partial charge in [0.1, 0.15) is 11.5 Å². The van der Waals surface area contributed by atoms with E-state index in [1.807, 2.05) is 12.4 Å². The van der Waals surface area contributed by atoms with Crippen molar-refractivity contribution in [3.63, 3.8) is 0 Å². The number of nitrogens with zero attached hydrogens (tertiary/aromatic N) is 5. The molecule has 11 heteroatoms. The number of aryl methyl sites for hydroxylation is 1. The molecule has 2 aromatic rings. The van der Waals surface area contributed by atoms with Crippen molar-refractivity contribution in [3.05, 3.63) is 57.6 Å². The molecule has 1 aliphatic carbocycles. The molecule has 4 N–H and O–H groups in total. The van der Waals surface area contributed by atoms with Gasteiger partial charge in [-0.15, -0.1) is 0 Å². The van der Waals surface area contributed by atoms with E-state index < -0.39 is 6.16 Å². The van der Waals surface area contributed by atoms with Crippen molar-refractivity contribution >= 4 is 24.5 Å². The minimum atomic E-state index is -1.83. The molecule has 5 rings (SSSR count). The summed E-state index contributed by atoms with van der Waals surface area (Å²) in [5, 5.41) is 36.7. The monoisotopic (exact) mass is 770 g/mol. The molecule has 0 aromatic heterocycles. The van der Waals surface area contributed by atoms with E-state index in [1.165, 1.54) is 29.9 Å². The molecule has 2 aromatic carbocycles. The van der Waals surface area contributed by atoms with E-state index in [0.29, 0.717) is 11.5 Å². The Kier molecular flexibility index (Phi) is 14.7. The number of carboxylic acid groups (broad SMARTS) is 2. The van der Waals surface area contributed by atoms with Crippen LogP contribution in [0.5, 0.6) is 11.5 Å². The Bertz CT molecular complexity index is 1680. The average Bonchev–Trinajstić information content (AvgIpc) is 3.01. The SMILES string of the molecule is C[N+]1=C2N(CCCc3cc(C(C)(C)C)cc(C=NC4CCC4N=Cc4cc(C(C)(C)C)cc(C(C)(C)C)c4O)c3O)CCCN2CCC1.O=C(O)O.[Cr]. The Morgan fingerprint density at radius 1 is 0.792 bits per heavy atom. The average molecular weight is 771 g/mol. The first kappa shape index (κ1) is 43.9. The van der Waals surface area contributed by atoms with Gasteiger partial charge in [0.2, 0.25) is 0 Å². The van der Waals surface area contributed by atoms with Gasteiger partial charge in [0.25, 0.3) is 0 Å². The Morgan fingerprint density at radius 3 is 1.81 bits per heavy atom. The smallest absolute Gasteiger partial charge is 0.503 e. The van der Waals surface area contributed by atoms with E-state index in [9.17, 15) is 10.2 Å². The van der Waals surface area contributed by atoms with Gasteiger partial charge in [-0.25, -0.2) is 4.79 Å². The third-order valence-electron chi connectivity index (χ3n) is 10.5. The zero-order chi connectivity index (χ0) is 38.6. The second-order valence-electron chi connectivity index (χ2n) is 17.8. The summed E-state index contributed by atoms with van der Waals surface area (Å²) in [4.78, 5) is 23.6. The Hall–Kier alpha value is -3.55. The summed E-state index contributed by atoms with van der Waals surface area (Å²) < 4.78 is 2.42. The van der Waals surface area contributed by atoms with Crippen molar-refractivity contribution in [2.75, 3.05) is 39.8 Å². The molecule has 1 saturated carbocycles. The third kappa shape index (κ3) is 11.5. The molecule has 292 valence electrons. The standard InChI is InChI=1S/C41H61N5O2.CH2O3.Cr/c1-39(2,3)31-22-28(14-11-18-45-20-13-21-46-19-12-17-44(10)38(45)46)36(47)29(23-31)26-42-34-15-16-35(34)43-27-30-24-32(40(4,5)6)25-33(37(30)48)41(7,8)9;2-1(3)4;/h22-27,34-35H,11-21H2,1-10H3,(H-,42,43,47,48);(H2,2,3,4);/p+1. The summed E-state index contributed by atoms with van der Waals surface area (Å²) >= 11 is 0. The first-order valence-electron chi connectivity index (χ1n) is 19.0. The van der Waals surface area contributed by atoms with Crippen molar-refractivity contribution in [2.45, 2.75) is 129 Å². The van der Waals surface area contributed by atoms with Gasteiger partial charge in [-0.2, -0.15) is 0 Å². The fourth-order valence-electron chi connectivity index (χ4n) is 7.18. The van der Waals surface area contributed by atoms with E-state index in [2.05, 4.69) is 108 Å². The quantitative estimate of drug-likeness (QED) is 0.161. The molecule has 2 unspecified atom stereocenters. The molecular formula is C42H64CrN5O5+. The van der Waals surface area contributed by atoms with Gasteiger partial charge in [-0.3, -0.25) is 24.4 Å². The van der Waals surface area contributed by atoms with Gasteiger partial charge in [0.15, 0.2) is 0 Å². The molecule has 0 amide bonds. The number of hydrogen-bond donors (Lipinski definition) is 4. The third-order valence-corrected chi connectivity index (χ3v) is 10.5. The first-order chi connectivity index (χ1) is 24.2. The van der Waals surface area contributed by atoms with Crippen LogP contribution < -0.4 is 0 Å². The fraction of sp³-hybridized carbons (Fsp3) is 0.619. The Labute approximate surface area is 328 Å². The summed E-state index contributed by atoms with van der Waals surface area (Å²) in [6, 6.07) is 8.66. The van der Waals surface area contributed by atoms with Gasteiger partial charge < -0.3 is 20.4 Å². The summed E-state index contributed by atoms with van der Waals surface area (Å²) in [7, 11) is 2.22. The van der Waals surface area contributed by atoms with Gasteiger partial charge in [-0.05, 0) is 70.8 Å². The number of benzene rings is 2. The number of rotatable bonds is 8. The zero-order valence-electron chi connectivity index (χ0n) is 33.7. The van der Waals surface area contributed by atoms with Gasteiger partial charge in [0, 0.05) is 59.3 Å². The molecule has 2 atom stereocenters. The number of fused-ring (bicyclic) bond motifs is 1. The molecule has 1 saturated heterocycles. The minimum absolute atomic E-state index is 0. The number of hydrogen-bond acceptors (Lipinski definition) is 7. The van der Waals surface area contributed by atoms with E-state index in [0.717, 1.165) is 80.7 Å². The largest absolute Gasteiger partial charge is 0.507 e. The molecule has 10 nitrogen and oxygen atoms in total. The van der Waals surface area contributed by atoms with Gasteiger partial charge in [-0.1, -0.05) is 74.4 Å². The summed E-state index contributed by atoms with van der Waals surface area (Å²) in [6.07, 6.45) is 8.08. The second-order valence-corrected chi connectivity index (χ2v) is 17.8. The number of aliphatic imine (C=N–C) groups is 2. The Morgan fingerprint density at radius 2 is 1.30 bits per heavy atom. The molecule has 0 radical (unpaired) electrons. The van der Waals surface area contributed by atoms with Crippen LogP contribution in [0, 0.1) is 0 Å².